The molecular formula is C14H13N3O4. The number of hydrogen-bond acceptors (Lipinski definition) is 5. The van der Waals surface area contributed by atoms with E-state index in [0.29, 0.717) is 11.3 Å². The van der Waals surface area contributed by atoms with Gasteiger partial charge in [0.1, 0.15) is 11.4 Å². The molecule has 7 nitrogen and oxygen atoms in total. The molecule has 0 radical (unpaired) electrons. The second-order valence-electron chi connectivity index (χ2n) is 4.27. The second-order valence-corrected chi connectivity index (χ2v) is 4.27. The first-order chi connectivity index (χ1) is 10.0. The van der Waals surface area contributed by atoms with Crippen LogP contribution in [0, 0.1) is 17.0 Å². The first kappa shape index (κ1) is 14.4. The zero-order chi connectivity index (χ0) is 15.4. The van der Waals surface area contributed by atoms with Crippen molar-refractivity contribution in [3.63, 3.8) is 0 Å². The quantitative estimate of drug-likeness (QED) is 0.688. The number of nitrogens with one attached hydrogen (secondary N) is 1. The van der Waals surface area contributed by atoms with E-state index >= 15 is 0 Å². The predicted molar refractivity (Wildman–Crippen MR) is 76.6 cm³/mol. The molecule has 0 saturated carbocycles. The van der Waals surface area contributed by atoms with E-state index in [9.17, 15) is 14.9 Å². The fraction of sp³-hybridized carbons (Fsp3) is 0.143. The van der Waals surface area contributed by atoms with E-state index in [-0.39, 0.29) is 17.1 Å². The molecule has 1 N–H and O–H groups in total. The van der Waals surface area contributed by atoms with Crippen LogP contribution >= 0.6 is 0 Å². The molecule has 1 aromatic heterocycles. The highest BCUT2D eigenvalue weighted by Crippen LogP contribution is 2.32. The minimum absolute atomic E-state index is 0.0670. The van der Waals surface area contributed by atoms with E-state index in [0.717, 1.165) is 0 Å². The van der Waals surface area contributed by atoms with Gasteiger partial charge in [0.2, 0.25) is 0 Å². The number of rotatable bonds is 4. The molecule has 0 aliphatic heterocycles. The number of carbonyl (C=O) groups is 1. The Bertz CT molecular complexity index is 686. The van der Waals surface area contributed by atoms with Gasteiger partial charge < -0.3 is 10.1 Å². The highest BCUT2D eigenvalue weighted by molar-refractivity contribution is 6.03. The zero-order valence-corrected chi connectivity index (χ0v) is 11.5. The summed E-state index contributed by atoms with van der Waals surface area (Å²) in [5.74, 6) is -0.196. The van der Waals surface area contributed by atoms with Gasteiger partial charge in [-0.15, -0.1) is 0 Å². The van der Waals surface area contributed by atoms with Gasteiger partial charge in [-0.2, -0.15) is 0 Å². The summed E-state index contributed by atoms with van der Waals surface area (Å²) < 4.78 is 5.09. The number of amides is 1. The molecule has 2 aromatic rings. The number of methoxy groups -OCH3 is 1. The number of aryl methyl sites for hydroxylation is 1. The molecule has 0 aliphatic rings. The SMILES string of the molecule is COc1cc([N+](=O)[O-])c(C)cc1NC(=O)c1ccccn1. The maximum atomic E-state index is 12.0. The largest absolute Gasteiger partial charge is 0.494 e. The van der Waals surface area contributed by atoms with Crippen LogP contribution in [0.15, 0.2) is 36.5 Å². The third-order valence-corrected chi connectivity index (χ3v) is 2.86. The molecule has 0 atom stereocenters. The minimum atomic E-state index is -0.498. The Kier molecular flexibility index (Phi) is 4.13. The lowest BCUT2D eigenvalue weighted by molar-refractivity contribution is -0.385. The molecule has 0 saturated heterocycles. The first-order valence-corrected chi connectivity index (χ1v) is 6.08. The molecule has 7 heteroatoms. The summed E-state index contributed by atoms with van der Waals surface area (Å²) in [6.07, 6.45) is 1.51. The van der Waals surface area contributed by atoms with Crippen molar-refractivity contribution in [3.05, 3.63) is 57.9 Å². The number of anilines is 1. The highest BCUT2D eigenvalue weighted by atomic mass is 16.6. The van der Waals surface area contributed by atoms with E-state index < -0.39 is 10.8 Å². The summed E-state index contributed by atoms with van der Waals surface area (Å²) in [7, 11) is 1.38. The Labute approximate surface area is 120 Å². The number of nitrogens with zero attached hydrogens (tertiary/aromatic N) is 2. The molecule has 108 valence electrons. The first-order valence-electron chi connectivity index (χ1n) is 6.08. The van der Waals surface area contributed by atoms with E-state index in [1.807, 2.05) is 0 Å². The average molecular weight is 287 g/mol. The van der Waals surface area contributed by atoms with Crippen molar-refractivity contribution in [1.29, 1.82) is 0 Å². The standard InChI is InChI=1S/C14H13N3O4/c1-9-7-11(13(21-2)8-12(9)17(19)20)16-14(18)10-5-3-4-6-15-10/h3-8H,1-2H3,(H,16,18). The Balaban J connectivity index is 2.34. The average Bonchev–Trinajstić information content (AvgIpc) is 2.48. The lowest BCUT2D eigenvalue weighted by Gasteiger charge is -2.11. The lowest BCUT2D eigenvalue weighted by atomic mass is 10.1. The molecule has 0 spiro atoms. The molecule has 0 unspecified atom stereocenters. The van der Waals surface area contributed by atoms with Crippen LogP contribution in [0.4, 0.5) is 11.4 Å². The Morgan fingerprint density at radius 1 is 1.38 bits per heavy atom. The Morgan fingerprint density at radius 2 is 2.14 bits per heavy atom. The topological polar surface area (TPSA) is 94.4 Å². The van der Waals surface area contributed by atoms with Gasteiger partial charge >= 0.3 is 0 Å². The van der Waals surface area contributed by atoms with Crippen molar-refractivity contribution in [3.8, 4) is 5.75 Å². The van der Waals surface area contributed by atoms with Crippen molar-refractivity contribution in [2.24, 2.45) is 0 Å². The number of hydrogen-bond donors (Lipinski definition) is 1. The smallest absolute Gasteiger partial charge is 0.276 e. The lowest BCUT2D eigenvalue weighted by Crippen LogP contribution is -2.14. The minimum Gasteiger partial charge on any atom is -0.494 e. The molecule has 0 bridgehead atoms. The van der Waals surface area contributed by atoms with E-state index in [2.05, 4.69) is 10.3 Å². The number of ether oxygens (including phenoxy) is 1. The van der Waals surface area contributed by atoms with Crippen molar-refractivity contribution < 1.29 is 14.5 Å². The second kappa shape index (κ2) is 6.00. The van der Waals surface area contributed by atoms with Crippen LogP contribution in [-0.4, -0.2) is 22.9 Å². The van der Waals surface area contributed by atoms with Crippen LogP contribution in [0.25, 0.3) is 0 Å². The summed E-state index contributed by atoms with van der Waals surface area (Å²) in [6, 6.07) is 7.74. The predicted octanol–water partition coefficient (Wildman–Crippen LogP) is 2.56. The number of benzene rings is 1. The Hall–Kier alpha value is -2.96. The number of pyridine rings is 1. The number of nitro benzene ring substituents is 1. The number of carbonyl (C=O) groups excluding carboxylic acids is 1. The molecule has 2 rings (SSSR count). The van der Waals surface area contributed by atoms with Gasteiger partial charge in [0, 0.05) is 11.8 Å². The fourth-order valence-corrected chi connectivity index (χ4v) is 1.82. The molecule has 0 aliphatic carbocycles. The third-order valence-electron chi connectivity index (χ3n) is 2.86. The van der Waals surface area contributed by atoms with Crippen molar-refractivity contribution >= 4 is 17.3 Å². The van der Waals surface area contributed by atoms with Crippen LogP contribution in [0.2, 0.25) is 0 Å². The Morgan fingerprint density at radius 3 is 2.71 bits per heavy atom. The van der Waals surface area contributed by atoms with E-state index in [4.69, 9.17) is 4.74 Å². The van der Waals surface area contributed by atoms with Crippen LogP contribution in [0.5, 0.6) is 5.75 Å². The van der Waals surface area contributed by atoms with Crippen LogP contribution < -0.4 is 10.1 Å². The van der Waals surface area contributed by atoms with Gasteiger partial charge in [0.05, 0.1) is 23.8 Å². The van der Waals surface area contributed by atoms with Crippen LogP contribution in [0.1, 0.15) is 16.1 Å². The van der Waals surface area contributed by atoms with Gasteiger partial charge in [-0.3, -0.25) is 19.9 Å². The fourth-order valence-electron chi connectivity index (χ4n) is 1.82. The molecular weight excluding hydrogens is 274 g/mol. The van der Waals surface area contributed by atoms with Gasteiger partial charge in [0.15, 0.2) is 0 Å². The van der Waals surface area contributed by atoms with Gasteiger partial charge in [-0.25, -0.2) is 0 Å². The monoisotopic (exact) mass is 287 g/mol. The maximum absolute atomic E-state index is 12.0. The van der Waals surface area contributed by atoms with Crippen LogP contribution in [-0.2, 0) is 0 Å². The van der Waals surface area contributed by atoms with Crippen molar-refractivity contribution in [2.75, 3.05) is 12.4 Å². The van der Waals surface area contributed by atoms with Gasteiger partial charge in [-0.05, 0) is 25.1 Å². The summed E-state index contributed by atoms with van der Waals surface area (Å²) >= 11 is 0. The van der Waals surface area contributed by atoms with Crippen molar-refractivity contribution in [2.45, 2.75) is 6.92 Å². The van der Waals surface area contributed by atoms with Crippen molar-refractivity contribution in [1.82, 2.24) is 4.98 Å². The molecule has 1 heterocycles. The molecule has 21 heavy (non-hydrogen) atoms. The van der Waals surface area contributed by atoms with Crippen LogP contribution in [0.3, 0.4) is 0 Å². The van der Waals surface area contributed by atoms with E-state index in [1.54, 1.807) is 25.1 Å². The molecule has 1 aromatic carbocycles. The third kappa shape index (κ3) is 3.14. The molecule has 1 amide bonds. The summed E-state index contributed by atoms with van der Waals surface area (Å²) in [4.78, 5) is 26.4. The summed E-state index contributed by atoms with van der Waals surface area (Å²) in [5.41, 5.74) is 0.964. The highest BCUT2D eigenvalue weighted by Gasteiger charge is 2.18. The number of nitro groups is 1. The zero-order valence-electron chi connectivity index (χ0n) is 11.5. The summed E-state index contributed by atoms with van der Waals surface area (Å²) in [6.45, 7) is 1.59. The van der Waals surface area contributed by atoms with Gasteiger partial charge in [-0.1, -0.05) is 6.07 Å². The van der Waals surface area contributed by atoms with Gasteiger partial charge in [0.25, 0.3) is 11.6 Å². The number of aromatic nitrogens is 1. The summed E-state index contributed by atoms with van der Waals surface area (Å²) in [5, 5.41) is 13.5. The maximum Gasteiger partial charge on any atom is 0.276 e. The van der Waals surface area contributed by atoms with E-state index in [1.165, 1.54) is 25.4 Å². The normalized spacial score (nSPS) is 10.0. The molecule has 0 fully saturated rings.